The average molecular weight is 447 g/mol. The number of carbonyl (C=O) groups excluding carboxylic acids is 1. The molecule has 2 amide bonds. The molecule has 1 aromatic rings. The van der Waals surface area contributed by atoms with Gasteiger partial charge in [0, 0.05) is 43.3 Å². The van der Waals surface area contributed by atoms with Crippen molar-refractivity contribution >= 4 is 27.7 Å². The Morgan fingerprint density at radius 1 is 1.14 bits per heavy atom. The van der Waals surface area contributed by atoms with E-state index in [9.17, 15) is 17.6 Å². The number of amides is 2. The predicted octanol–water partition coefficient (Wildman–Crippen LogP) is 2.29. The van der Waals surface area contributed by atoms with Gasteiger partial charge in [0.15, 0.2) is 0 Å². The van der Waals surface area contributed by atoms with Crippen LogP contribution in [0, 0.1) is 5.82 Å². The second-order valence-electron chi connectivity index (χ2n) is 7.58. The number of hydrogen-bond acceptors (Lipinski definition) is 4. The summed E-state index contributed by atoms with van der Waals surface area (Å²) in [5.74, 6) is -0.373. The number of hydrogen-bond donors (Lipinski definition) is 1. The van der Waals surface area contributed by atoms with Crippen molar-refractivity contribution in [2.45, 2.75) is 25.3 Å². The predicted molar refractivity (Wildman–Crippen MR) is 111 cm³/mol. The Morgan fingerprint density at radius 3 is 2.52 bits per heavy atom. The first-order valence-corrected chi connectivity index (χ1v) is 12.2. The maximum atomic E-state index is 14.5. The summed E-state index contributed by atoms with van der Waals surface area (Å²) >= 11 is 6.29. The molecule has 1 N–H and O–H groups in total. The second-order valence-corrected chi connectivity index (χ2v) is 9.97. The van der Waals surface area contributed by atoms with Crippen LogP contribution in [-0.2, 0) is 10.0 Å². The maximum Gasteiger partial charge on any atom is 0.317 e. The highest BCUT2D eigenvalue weighted by atomic mass is 35.5. The average Bonchev–Trinajstić information content (AvgIpc) is 3.05. The Kier molecular flexibility index (Phi) is 7.37. The molecule has 1 aromatic carbocycles. The van der Waals surface area contributed by atoms with Crippen LogP contribution in [0.5, 0.6) is 0 Å². The third-order valence-corrected chi connectivity index (χ3v) is 7.20. The van der Waals surface area contributed by atoms with Crippen molar-refractivity contribution in [1.82, 2.24) is 19.4 Å². The molecule has 0 bridgehead atoms. The topological polar surface area (TPSA) is 73.0 Å². The van der Waals surface area contributed by atoms with Gasteiger partial charge in [0.2, 0.25) is 10.0 Å². The van der Waals surface area contributed by atoms with Crippen molar-refractivity contribution in [2.75, 3.05) is 52.1 Å². The molecule has 0 aromatic heterocycles. The Morgan fingerprint density at radius 2 is 1.86 bits per heavy atom. The van der Waals surface area contributed by atoms with E-state index in [4.69, 9.17) is 11.6 Å². The highest BCUT2D eigenvalue weighted by molar-refractivity contribution is 7.88. The summed E-state index contributed by atoms with van der Waals surface area (Å²) < 4.78 is 39.4. The van der Waals surface area contributed by atoms with Crippen LogP contribution >= 0.6 is 11.6 Å². The summed E-state index contributed by atoms with van der Waals surface area (Å²) in [5.41, 5.74) is 0.412. The van der Waals surface area contributed by atoms with Gasteiger partial charge in [0.25, 0.3) is 0 Å². The molecule has 10 heteroatoms. The first-order valence-electron chi connectivity index (χ1n) is 9.93. The van der Waals surface area contributed by atoms with Gasteiger partial charge in [-0.05, 0) is 44.5 Å². The van der Waals surface area contributed by atoms with Gasteiger partial charge in [0.1, 0.15) is 5.82 Å². The molecule has 1 unspecified atom stereocenters. The van der Waals surface area contributed by atoms with E-state index >= 15 is 0 Å². The molecule has 2 saturated heterocycles. The van der Waals surface area contributed by atoms with Crippen molar-refractivity contribution in [2.24, 2.45) is 0 Å². The van der Waals surface area contributed by atoms with Crippen LogP contribution in [0.15, 0.2) is 18.2 Å². The van der Waals surface area contributed by atoms with Gasteiger partial charge >= 0.3 is 6.03 Å². The molecule has 0 saturated carbocycles. The normalized spacial score (nSPS) is 20.4. The van der Waals surface area contributed by atoms with E-state index in [1.807, 2.05) is 0 Å². The summed E-state index contributed by atoms with van der Waals surface area (Å²) in [7, 11) is -3.27. The van der Waals surface area contributed by atoms with Crippen LogP contribution in [0.3, 0.4) is 0 Å². The summed E-state index contributed by atoms with van der Waals surface area (Å²) in [5, 5.41) is 3.27. The van der Waals surface area contributed by atoms with Crippen LogP contribution in [0.1, 0.15) is 30.9 Å². The molecule has 2 aliphatic heterocycles. The zero-order chi connectivity index (χ0) is 21.0. The number of carbonyl (C=O) groups is 1. The van der Waals surface area contributed by atoms with E-state index in [1.165, 1.54) is 16.6 Å². The van der Waals surface area contributed by atoms with Crippen LogP contribution in [0.25, 0.3) is 0 Å². The third-order valence-electron chi connectivity index (χ3n) is 5.57. The lowest BCUT2D eigenvalue weighted by molar-refractivity contribution is 0.189. The quantitative estimate of drug-likeness (QED) is 0.753. The van der Waals surface area contributed by atoms with E-state index < -0.39 is 10.0 Å². The molecule has 0 aliphatic carbocycles. The van der Waals surface area contributed by atoms with Crippen molar-refractivity contribution in [3.05, 3.63) is 34.6 Å². The molecule has 2 heterocycles. The minimum absolute atomic E-state index is 0.242. The third kappa shape index (κ3) is 5.59. The number of sulfonamides is 1. The van der Waals surface area contributed by atoms with Crippen LogP contribution in [0.2, 0.25) is 5.02 Å². The minimum atomic E-state index is -3.27. The lowest BCUT2D eigenvalue weighted by Gasteiger charge is -2.30. The fourth-order valence-corrected chi connectivity index (χ4v) is 5.18. The van der Waals surface area contributed by atoms with E-state index in [0.717, 1.165) is 25.9 Å². The minimum Gasteiger partial charge on any atom is -0.336 e. The number of benzene rings is 1. The molecule has 2 aliphatic rings. The van der Waals surface area contributed by atoms with Gasteiger partial charge in [-0.2, -0.15) is 0 Å². The van der Waals surface area contributed by atoms with E-state index in [2.05, 4.69) is 10.2 Å². The molecule has 7 nitrogen and oxygen atoms in total. The number of nitrogens with zero attached hydrogens (tertiary/aromatic N) is 3. The molecule has 2 fully saturated rings. The van der Waals surface area contributed by atoms with Gasteiger partial charge in [-0.1, -0.05) is 17.7 Å². The molecule has 0 spiro atoms. The molecular weight excluding hydrogens is 419 g/mol. The van der Waals surface area contributed by atoms with Gasteiger partial charge < -0.3 is 10.2 Å². The van der Waals surface area contributed by atoms with Gasteiger partial charge in [-0.3, -0.25) is 4.90 Å². The Labute approximate surface area is 176 Å². The number of urea groups is 1. The molecule has 162 valence electrons. The number of rotatable bonds is 5. The van der Waals surface area contributed by atoms with Gasteiger partial charge in [-0.25, -0.2) is 21.9 Å². The fourth-order valence-electron chi connectivity index (χ4n) is 4.02. The zero-order valence-corrected chi connectivity index (χ0v) is 18.2. The van der Waals surface area contributed by atoms with Crippen LogP contribution in [-0.4, -0.2) is 80.6 Å². The molecule has 1 atom stereocenters. The van der Waals surface area contributed by atoms with E-state index in [0.29, 0.717) is 36.6 Å². The van der Waals surface area contributed by atoms with Crippen molar-refractivity contribution in [3.63, 3.8) is 0 Å². The second kappa shape index (κ2) is 9.59. The monoisotopic (exact) mass is 446 g/mol. The maximum absolute atomic E-state index is 14.5. The first kappa shape index (κ1) is 22.3. The number of likely N-dealkylation sites (tertiary alicyclic amines) is 1. The molecular formula is C19H28ClFN4O3S. The Balaban J connectivity index is 1.67. The van der Waals surface area contributed by atoms with Crippen molar-refractivity contribution in [1.29, 1.82) is 0 Å². The first-order chi connectivity index (χ1) is 13.8. The highest BCUT2D eigenvalue weighted by Gasteiger charge is 2.29. The summed E-state index contributed by atoms with van der Waals surface area (Å²) in [4.78, 5) is 16.5. The summed E-state index contributed by atoms with van der Waals surface area (Å²) in [6.07, 6.45) is 3.82. The highest BCUT2D eigenvalue weighted by Crippen LogP contribution is 2.32. The lowest BCUT2D eigenvalue weighted by atomic mass is 10.0. The molecule has 3 rings (SSSR count). The van der Waals surface area contributed by atoms with E-state index in [1.54, 1.807) is 17.0 Å². The van der Waals surface area contributed by atoms with Crippen molar-refractivity contribution in [3.8, 4) is 0 Å². The Bertz CT molecular complexity index is 812. The largest absolute Gasteiger partial charge is 0.336 e. The van der Waals surface area contributed by atoms with Gasteiger partial charge in [-0.15, -0.1) is 0 Å². The lowest BCUT2D eigenvalue weighted by Crippen LogP contribution is -2.45. The SMILES string of the molecule is CS(=O)(=O)N1CCCN(C(=O)NCC(c2c(F)cccc2Cl)N2CCCC2)CC1. The number of halogens is 2. The van der Waals surface area contributed by atoms with Crippen LogP contribution < -0.4 is 5.32 Å². The smallest absolute Gasteiger partial charge is 0.317 e. The standard InChI is InChI=1S/C19H28ClFN4O3S/c1-29(27,28)25-11-5-10-24(12-13-25)19(26)22-14-17(23-8-2-3-9-23)18-15(20)6-4-7-16(18)21/h4,6-7,17H,2-3,5,8-14H2,1H3,(H,22,26). The Hall–Kier alpha value is -1.42. The number of nitrogens with one attached hydrogen (secondary N) is 1. The summed E-state index contributed by atoms with van der Waals surface area (Å²) in [6, 6.07) is 4.03. The fraction of sp³-hybridized carbons (Fsp3) is 0.632. The summed E-state index contributed by atoms with van der Waals surface area (Å²) in [6.45, 7) is 3.40. The van der Waals surface area contributed by atoms with Crippen molar-refractivity contribution < 1.29 is 17.6 Å². The molecule has 29 heavy (non-hydrogen) atoms. The zero-order valence-electron chi connectivity index (χ0n) is 16.6. The van der Waals surface area contributed by atoms with Crippen LogP contribution in [0.4, 0.5) is 9.18 Å². The molecule has 0 radical (unpaired) electrons. The van der Waals surface area contributed by atoms with E-state index in [-0.39, 0.29) is 31.0 Å². The van der Waals surface area contributed by atoms with Gasteiger partial charge in [0.05, 0.1) is 12.3 Å².